The molecule has 0 radical (unpaired) electrons. The summed E-state index contributed by atoms with van der Waals surface area (Å²) in [7, 11) is 0. The summed E-state index contributed by atoms with van der Waals surface area (Å²) in [4.78, 5) is 15.1. The van der Waals surface area contributed by atoms with Crippen molar-refractivity contribution in [1.82, 2.24) is 10.2 Å². The molecule has 26 heavy (non-hydrogen) atoms. The molecule has 1 aromatic carbocycles. The fourth-order valence-corrected chi connectivity index (χ4v) is 4.11. The van der Waals surface area contributed by atoms with Gasteiger partial charge in [-0.2, -0.15) is 0 Å². The van der Waals surface area contributed by atoms with Crippen LogP contribution in [0.15, 0.2) is 30.3 Å². The van der Waals surface area contributed by atoms with Crippen LogP contribution in [-0.2, 0) is 4.79 Å². The molecule has 3 rings (SSSR count). The Bertz CT molecular complexity index is 541. The van der Waals surface area contributed by atoms with Gasteiger partial charge in [-0.3, -0.25) is 9.69 Å². The number of nitrogens with two attached hydrogens (primary N) is 1. The summed E-state index contributed by atoms with van der Waals surface area (Å²) in [5.41, 5.74) is 7.09. The van der Waals surface area contributed by atoms with E-state index in [1.165, 1.54) is 12.0 Å². The molecule has 1 aromatic rings. The maximum Gasteiger partial charge on any atom is 0.240 e. The van der Waals surface area contributed by atoms with Gasteiger partial charge in [-0.1, -0.05) is 49.6 Å². The van der Waals surface area contributed by atoms with Crippen LogP contribution in [-0.4, -0.2) is 35.5 Å². The Balaban J connectivity index is 0.00000169. The number of halogens is 2. The Morgan fingerprint density at radius 1 is 1.12 bits per heavy atom. The van der Waals surface area contributed by atoms with Gasteiger partial charge in [-0.15, -0.1) is 24.8 Å². The van der Waals surface area contributed by atoms with E-state index >= 15 is 0 Å². The fraction of sp³-hybridized carbons (Fsp3) is 0.650. The van der Waals surface area contributed by atoms with E-state index in [0.29, 0.717) is 6.04 Å². The van der Waals surface area contributed by atoms with E-state index in [1.54, 1.807) is 0 Å². The van der Waals surface area contributed by atoms with Crippen molar-refractivity contribution >= 4 is 30.7 Å². The summed E-state index contributed by atoms with van der Waals surface area (Å²) in [6.45, 7) is 4.32. The third-order valence-electron chi connectivity index (χ3n) is 5.89. The van der Waals surface area contributed by atoms with Gasteiger partial charge in [0.1, 0.15) is 0 Å². The number of hydrogen-bond donors (Lipinski definition) is 2. The second-order valence-corrected chi connectivity index (χ2v) is 7.59. The van der Waals surface area contributed by atoms with Gasteiger partial charge < -0.3 is 11.1 Å². The monoisotopic (exact) mass is 401 g/mol. The van der Waals surface area contributed by atoms with E-state index in [1.807, 2.05) is 0 Å². The third-order valence-corrected chi connectivity index (χ3v) is 5.89. The summed E-state index contributed by atoms with van der Waals surface area (Å²) in [5, 5.41) is 3.24. The molecule has 1 unspecified atom stereocenters. The molecule has 1 aliphatic carbocycles. The van der Waals surface area contributed by atoms with Crippen molar-refractivity contribution in [1.29, 1.82) is 0 Å². The lowest BCUT2D eigenvalue weighted by atomic mass is 9.81. The first-order valence-corrected chi connectivity index (χ1v) is 9.47. The number of nitrogens with zero attached hydrogens (tertiary/aromatic N) is 1. The van der Waals surface area contributed by atoms with Crippen LogP contribution < -0.4 is 11.1 Å². The maximum absolute atomic E-state index is 12.6. The predicted octanol–water partition coefficient (Wildman–Crippen LogP) is 3.83. The molecule has 1 heterocycles. The van der Waals surface area contributed by atoms with Crippen molar-refractivity contribution in [3.05, 3.63) is 35.9 Å². The Morgan fingerprint density at radius 2 is 1.69 bits per heavy atom. The molecule has 2 aliphatic rings. The van der Waals surface area contributed by atoms with Gasteiger partial charge in [0.15, 0.2) is 0 Å². The van der Waals surface area contributed by atoms with E-state index in [2.05, 4.69) is 47.5 Å². The lowest BCUT2D eigenvalue weighted by molar-refractivity contribution is -0.128. The number of carbonyl (C=O) groups excluding carboxylic acids is 1. The third kappa shape index (κ3) is 5.59. The van der Waals surface area contributed by atoms with Crippen LogP contribution in [0.2, 0.25) is 0 Å². The lowest BCUT2D eigenvalue weighted by Crippen LogP contribution is -2.58. The molecule has 2 fully saturated rings. The highest BCUT2D eigenvalue weighted by Crippen LogP contribution is 2.27. The summed E-state index contributed by atoms with van der Waals surface area (Å²) in [5.74, 6) is 0.0803. The number of amides is 1. The minimum atomic E-state index is -0.618. The zero-order chi connectivity index (χ0) is 17.0. The summed E-state index contributed by atoms with van der Waals surface area (Å²) < 4.78 is 0. The van der Waals surface area contributed by atoms with Crippen molar-refractivity contribution < 1.29 is 4.79 Å². The first kappa shape index (κ1) is 23.2. The van der Waals surface area contributed by atoms with Gasteiger partial charge in [0.05, 0.1) is 5.54 Å². The number of nitrogens with one attached hydrogen (secondary N) is 1. The number of hydrogen-bond acceptors (Lipinski definition) is 3. The van der Waals surface area contributed by atoms with Gasteiger partial charge in [0.2, 0.25) is 5.91 Å². The number of piperidine rings is 1. The van der Waals surface area contributed by atoms with Crippen molar-refractivity contribution in [2.24, 2.45) is 5.73 Å². The number of likely N-dealkylation sites (tertiary alicyclic amines) is 1. The van der Waals surface area contributed by atoms with Crippen molar-refractivity contribution in [2.45, 2.75) is 69.5 Å². The molecular weight excluding hydrogens is 369 g/mol. The van der Waals surface area contributed by atoms with Crippen molar-refractivity contribution in [3.63, 3.8) is 0 Å². The zero-order valence-corrected chi connectivity index (χ0v) is 17.3. The Kier molecular flexibility index (Phi) is 9.39. The topological polar surface area (TPSA) is 58.4 Å². The van der Waals surface area contributed by atoms with Gasteiger partial charge in [0.25, 0.3) is 0 Å². The molecule has 1 atom stereocenters. The molecule has 1 saturated heterocycles. The van der Waals surface area contributed by atoms with Crippen LogP contribution in [0, 0.1) is 0 Å². The second kappa shape index (κ2) is 10.5. The zero-order valence-electron chi connectivity index (χ0n) is 15.7. The molecule has 4 nitrogen and oxygen atoms in total. The highest BCUT2D eigenvalue weighted by molar-refractivity contribution is 5.86. The first-order chi connectivity index (χ1) is 11.6. The molecule has 1 saturated carbocycles. The Morgan fingerprint density at radius 3 is 2.27 bits per heavy atom. The standard InChI is InChI=1S/C20H31N3O.2ClH/c1-16(17-8-4-2-5-9-17)23-14-10-18(11-15-23)22-19(24)20(21)12-6-3-7-13-20;;/h2,4-5,8-9,16,18H,3,6-7,10-15,21H2,1H3,(H,22,24);2*1H. The fourth-order valence-electron chi connectivity index (χ4n) is 4.11. The van der Waals surface area contributed by atoms with Crippen LogP contribution in [0.1, 0.15) is 63.5 Å². The molecule has 0 aromatic heterocycles. The number of benzene rings is 1. The molecule has 148 valence electrons. The van der Waals surface area contributed by atoms with E-state index in [9.17, 15) is 4.79 Å². The van der Waals surface area contributed by atoms with E-state index in [0.717, 1.165) is 51.6 Å². The normalized spacial score (nSPS) is 21.8. The van der Waals surface area contributed by atoms with Crippen molar-refractivity contribution in [3.8, 4) is 0 Å². The van der Waals surface area contributed by atoms with Crippen LogP contribution >= 0.6 is 24.8 Å². The van der Waals surface area contributed by atoms with Crippen LogP contribution in [0.3, 0.4) is 0 Å². The summed E-state index contributed by atoms with van der Waals surface area (Å²) >= 11 is 0. The maximum atomic E-state index is 12.6. The van der Waals surface area contributed by atoms with Gasteiger partial charge in [-0.25, -0.2) is 0 Å². The van der Waals surface area contributed by atoms with Crippen LogP contribution in [0.4, 0.5) is 0 Å². The molecular formula is C20H33Cl2N3O. The number of rotatable bonds is 4. The molecule has 3 N–H and O–H groups in total. The lowest BCUT2D eigenvalue weighted by Gasteiger charge is -2.38. The molecule has 0 bridgehead atoms. The van der Waals surface area contributed by atoms with Gasteiger partial charge >= 0.3 is 0 Å². The highest BCUT2D eigenvalue weighted by Gasteiger charge is 2.36. The minimum absolute atomic E-state index is 0. The average Bonchev–Trinajstić information content (AvgIpc) is 2.63. The van der Waals surface area contributed by atoms with Crippen LogP contribution in [0.25, 0.3) is 0 Å². The second-order valence-electron chi connectivity index (χ2n) is 7.59. The van der Waals surface area contributed by atoms with Gasteiger partial charge in [0, 0.05) is 25.2 Å². The van der Waals surface area contributed by atoms with E-state index < -0.39 is 5.54 Å². The summed E-state index contributed by atoms with van der Waals surface area (Å²) in [6.07, 6.45) is 7.07. The van der Waals surface area contributed by atoms with Crippen molar-refractivity contribution in [2.75, 3.05) is 13.1 Å². The van der Waals surface area contributed by atoms with Crippen LogP contribution in [0.5, 0.6) is 0 Å². The van der Waals surface area contributed by atoms with E-state index in [-0.39, 0.29) is 36.8 Å². The first-order valence-electron chi connectivity index (χ1n) is 9.47. The summed E-state index contributed by atoms with van der Waals surface area (Å²) in [6, 6.07) is 11.4. The highest BCUT2D eigenvalue weighted by atomic mass is 35.5. The van der Waals surface area contributed by atoms with E-state index in [4.69, 9.17) is 5.73 Å². The molecule has 1 amide bonds. The van der Waals surface area contributed by atoms with Gasteiger partial charge in [-0.05, 0) is 38.2 Å². The quantitative estimate of drug-likeness (QED) is 0.805. The SMILES string of the molecule is CC(c1ccccc1)N1CCC(NC(=O)C2(N)CCCCC2)CC1.Cl.Cl. The molecule has 1 aliphatic heterocycles. The largest absolute Gasteiger partial charge is 0.352 e. The predicted molar refractivity (Wildman–Crippen MR) is 112 cm³/mol. The molecule has 0 spiro atoms. The minimum Gasteiger partial charge on any atom is -0.352 e. The Hall–Kier alpha value is -0.810. The number of carbonyl (C=O) groups is 1. The smallest absolute Gasteiger partial charge is 0.240 e. The molecule has 6 heteroatoms. The average molecular weight is 402 g/mol. The Labute approximate surface area is 170 Å².